The first-order valence-corrected chi connectivity index (χ1v) is 6.83. The Balaban J connectivity index is 2.06. The van der Waals surface area contributed by atoms with Crippen LogP contribution >= 0.6 is 22.6 Å². The van der Waals surface area contributed by atoms with Gasteiger partial charge >= 0.3 is 0 Å². The minimum absolute atomic E-state index is 0.831. The number of rotatable bonds is 5. The number of halogens is 1. The summed E-state index contributed by atoms with van der Waals surface area (Å²) in [5, 5.41) is 0. The fourth-order valence-electron chi connectivity index (χ4n) is 2.06. The molecule has 0 aromatic rings. The van der Waals surface area contributed by atoms with Gasteiger partial charge in [-0.3, -0.25) is 0 Å². The summed E-state index contributed by atoms with van der Waals surface area (Å²) in [5.74, 6) is 0. The molecule has 0 saturated carbocycles. The van der Waals surface area contributed by atoms with Gasteiger partial charge in [0.1, 0.15) is 0 Å². The predicted octanol–water partition coefficient (Wildman–Crippen LogP) is 3.46. The molecular formula is C11H22IN. The summed E-state index contributed by atoms with van der Waals surface area (Å²) >= 11 is 2.52. The van der Waals surface area contributed by atoms with Gasteiger partial charge in [-0.2, -0.15) is 0 Å². The summed E-state index contributed by atoms with van der Waals surface area (Å²) in [7, 11) is 0. The molecule has 1 nitrogen and oxygen atoms in total. The lowest BCUT2D eigenvalue weighted by atomic mass is 10.1. The number of likely N-dealkylation sites (tertiary alicyclic amines) is 1. The predicted molar refractivity (Wildman–Crippen MR) is 67.6 cm³/mol. The van der Waals surface area contributed by atoms with Crippen LogP contribution in [0.5, 0.6) is 0 Å². The Hall–Kier alpha value is 0.690. The van der Waals surface area contributed by atoms with Crippen LogP contribution in [0.3, 0.4) is 0 Å². The third kappa shape index (κ3) is 4.63. The maximum Gasteiger partial charge on any atom is 0.00813 e. The van der Waals surface area contributed by atoms with Gasteiger partial charge in [0, 0.05) is 9.97 Å². The van der Waals surface area contributed by atoms with Crippen molar-refractivity contribution in [3.8, 4) is 0 Å². The van der Waals surface area contributed by atoms with Crippen LogP contribution in [0.25, 0.3) is 0 Å². The van der Waals surface area contributed by atoms with E-state index in [1.54, 1.807) is 0 Å². The molecule has 2 unspecified atom stereocenters. The molecule has 0 amide bonds. The van der Waals surface area contributed by atoms with E-state index >= 15 is 0 Å². The molecule has 1 rings (SSSR count). The average molecular weight is 295 g/mol. The van der Waals surface area contributed by atoms with Crippen molar-refractivity contribution < 1.29 is 0 Å². The van der Waals surface area contributed by atoms with Crippen molar-refractivity contribution in [2.45, 2.75) is 55.9 Å². The molecule has 0 aromatic heterocycles. The van der Waals surface area contributed by atoms with Gasteiger partial charge < -0.3 is 4.90 Å². The standard InChI is InChI=1S/C11H22IN/c1-10(12)6-5-7-11(2)13-8-3-4-9-13/h10-11H,3-9H2,1-2H3. The number of hydrogen-bond acceptors (Lipinski definition) is 1. The van der Waals surface area contributed by atoms with E-state index in [-0.39, 0.29) is 0 Å². The molecular weight excluding hydrogens is 273 g/mol. The molecule has 0 radical (unpaired) electrons. The SMILES string of the molecule is CC(I)CCCC(C)N1CCCC1. The molecule has 78 valence electrons. The Kier molecular flexibility index (Phi) is 5.63. The molecule has 1 heterocycles. The quantitative estimate of drug-likeness (QED) is 0.554. The van der Waals surface area contributed by atoms with E-state index in [9.17, 15) is 0 Å². The Bertz CT molecular complexity index is 130. The van der Waals surface area contributed by atoms with Crippen LogP contribution in [0.4, 0.5) is 0 Å². The van der Waals surface area contributed by atoms with Gasteiger partial charge in [0.25, 0.3) is 0 Å². The molecule has 13 heavy (non-hydrogen) atoms. The molecule has 0 aliphatic carbocycles. The van der Waals surface area contributed by atoms with Gasteiger partial charge in [0.05, 0.1) is 0 Å². The van der Waals surface area contributed by atoms with E-state index in [1.807, 2.05) is 0 Å². The van der Waals surface area contributed by atoms with E-state index in [0.29, 0.717) is 0 Å². The summed E-state index contributed by atoms with van der Waals surface area (Å²) < 4.78 is 0.850. The van der Waals surface area contributed by atoms with Crippen molar-refractivity contribution in [2.75, 3.05) is 13.1 Å². The Labute approximate surface area is 96.4 Å². The zero-order chi connectivity index (χ0) is 9.68. The summed E-state index contributed by atoms with van der Waals surface area (Å²) in [5.41, 5.74) is 0. The van der Waals surface area contributed by atoms with Crippen molar-refractivity contribution in [3.63, 3.8) is 0 Å². The maximum atomic E-state index is 2.65. The molecule has 2 heteroatoms. The second kappa shape index (κ2) is 6.23. The highest BCUT2D eigenvalue weighted by molar-refractivity contribution is 14.1. The van der Waals surface area contributed by atoms with Crippen LogP contribution in [0, 0.1) is 0 Å². The van der Waals surface area contributed by atoms with Crippen LogP contribution in [-0.2, 0) is 0 Å². The fraction of sp³-hybridized carbons (Fsp3) is 1.00. The second-order valence-corrected chi connectivity index (χ2v) is 6.43. The molecule has 0 spiro atoms. The first kappa shape index (κ1) is 11.8. The van der Waals surface area contributed by atoms with Gasteiger partial charge in [-0.05, 0) is 45.7 Å². The fourth-order valence-corrected chi connectivity index (χ4v) is 2.50. The molecule has 0 aromatic carbocycles. The molecule has 0 bridgehead atoms. The Morgan fingerprint density at radius 2 is 1.77 bits per heavy atom. The summed E-state index contributed by atoms with van der Waals surface area (Å²) in [4.78, 5) is 2.65. The van der Waals surface area contributed by atoms with Crippen molar-refractivity contribution >= 4 is 22.6 Å². The number of nitrogens with zero attached hydrogens (tertiary/aromatic N) is 1. The van der Waals surface area contributed by atoms with Crippen LogP contribution in [0.15, 0.2) is 0 Å². The summed E-state index contributed by atoms with van der Waals surface area (Å²) in [6, 6.07) is 0.831. The molecule has 2 atom stereocenters. The Morgan fingerprint density at radius 1 is 1.15 bits per heavy atom. The zero-order valence-electron chi connectivity index (χ0n) is 8.93. The highest BCUT2D eigenvalue weighted by Gasteiger charge is 2.17. The van der Waals surface area contributed by atoms with Gasteiger partial charge in [0.15, 0.2) is 0 Å². The van der Waals surface area contributed by atoms with Crippen molar-refractivity contribution in [3.05, 3.63) is 0 Å². The van der Waals surface area contributed by atoms with Crippen molar-refractivity contribution in [1.82, 2.24) is 4.90 Å². The molecule has 1 aliphatic rings. The summed E-state index contributed by atoms with van der Waals surface area (Å²) in [6.45, 7) is 7.40. The lowest BCUT2D eigenvalue weighted by molar-refractivity contribution is 0.243. The molecule has 1 fully saturated rings. The van der Waals surface area contributed by atoms with Gasteiger partial charge in [0.2, 0.25) is 0 Å². The van der Waals surface area contributed by atoms with E-state index in [2.05, 4.69) is 41.3 Å². The lowest BCUT2D eigenvalue weighted by Gasteiger charge is -2.23. The van der Waals surface area contributed by atoms with Crippen molar-refractivity contribution in [1.29, 1.82) is 0 Å². The number of alkyl halides is 1. The lowest BCUT2D eigenvalue weighted by Crippen LogP contribution is -2.29. The van der Waals surface area contributed by atoms with E-state index in [4.69, 9.17) is 0 Å². The highest BCUT2D eigenvalue weighted by atomic mass is 127. The normalized spacial score (nSPS) is 23.3. The monoisotopic (exact) mass is 295 g/mol. The highest BCUT2D eigenvalue weighted by Crippen LogP contribution is 2.17. The molecule has 1 saturated heterocycles. The van der Waals surface area contributed by atoms with E-state index in [1.165, 1.54) is 45.2 Å². The largest absolute Gasteiger partial charge is 0.301 e. The maximum absolute atomic E-state index is 2.65. The number of hydrogen-bond donors (Lipinski definition) is 0. The zero-order valence-corrected chi connectivity index (χ0v) is 11.1. The third-order valence-electron chi connectivity index (χ3n) is 2.99. The average Bonchev–Trinajstić information content (AvgIpc) is 2.55. The molecule has 1 aliphatic heterocycles. The van der Waals surface area contributed by atoms with E-state index in [0.717, 1.165) is 9.97 Å². The van der Waals surface area contributed by atoms with E-state index < -0.39 is 0 Å². The minimum atomic E-state index is 0.831. The first-order chi connectivity index (χ1) is 6.20. The first-order valence-electron chi connectivity index (χ1n) is 5.58. The van der Waals surface area contributed by atoms with Gasteiger partial charge in [-0.15, -0.1) is 0 Å². The third-order valence-corrected chi connectivity index (χ3v) is 3.61. The van der Waals surface area contributed by atoms with Crippen molar-refractivity contribution in [2.24, 2.45) is 0 Å². The smallest absolute Gasteiger partial charge is 0.00813 e. The second-order valence-electron chi connectivity index (χ2n) is 4.30. The van der Waals surface area contributed by atoms with Crippen LogP contribution in [0.2, 0.25) is 0 Å². The molecule has 0 N–H and O–H groups in total. The van der Waals surface area contributed by atoms with Crippen LogP contribution in [-0.4, -0.2) is 28.0 Å². The topological polar surface area (TPSA) is 3.24 Å². The Morgan fingerprint density at radius 3 is 2.31 bits per heavy atom. The van der Waals surface area contributed by atoms with Gasteiger partial charge in [-0.1, -0.05) is 35.9 Å². The van der Waals surface area contributed by atoms with Crippen LogP contribution < -0.4 is 0 Å². The van der Waals surface area contributed by atoms with Crippen LogP contribution in [0.1, 0.15) is 46.0 Å². The van der Waals surface area contributed by atoms with Gasteiger partial charge in [-0.25, -0.2) is 0 Å². The summed E-state index contributed by atoms with van der Waals surface area (Å²) in [6.07, 6.45) is 7.04. The minimum Gasteiger partial charge on any atom is -0.301 e.